The molecule has 0 aliphatic rings. The molecule has 0 spiro atoms. The fourth-order valence-electron chi connectivity index (χ4n) is 2.13. The fourth-order valence-corrected chi connectivity index (χ4v) is 2.29. The topological polar surface area (TPSA) is 59.1 Å². The van der Waals surface area contributed by atoms with Crippen molar-refractivity contribution in [2.45, 2.75) is 26.7 Å². The Kier molecular flexibility index (Phi) is 4.53. The lowest BCUT2D eigenvalue weighted by Crippen LogP contribution is -2.12. The van der Waals surface area contributed by atoms with Gasteiger partial charge in [0.25, 0.3) is 0 Å². The second kappa shape index (κ2) is 6.19. The highest BCUT2D eigenvalue weighted by molar-refractivity contribution is 6.30. The Bertz CT molecular complexity index is 680. The van der Waals surface area contributed by atoms with Crippen LogP contribution in [-0.4, -0.2) is 5.84 Å². The lowest BCUT2D eigenvalue weighted by molar-refractivity contribution is 0.471. The number of aryl methyl sites for hydroxylation is 1. The third kappa shape index (κ3) is 3.56. The third-order valence-corrected chi connectivity index (χ3v) is 3.48. The zero-order valence-electron chi connectivity index (χ0n) is 12.4. The van der Waals surface area contributed by atoms with Crippen LogP contribution in [0.4, 0.5) is 0 Å². The van der Waals surface area contributed by atoms with Crippen molar-refractivity contribution in [3.63, 3.8) is 0 Å². The number of nitrogens with one attached hydrogen (secondary N) is 1. The van der Waals surface area contributed by atoms with Crippen LogP contribution in [0.3, 0.4) is 0 Å². The molecule has 0 aromatic heterocycles. The molecule has 2 aromatic rings. The molecule has 2 rings (SSSR count). The molecule has 2 aromatic carbocycles. The van der Waals surface area contributed by atoms with Crippen LogP contribution in [-0.2, 0) is 0 Å². The normalized spacial score (nSPS) is 10.7. The first-order valence-corrected chi connectivity index (χ1v) is 7.18. The van der Waals surface area contributed by atoms with Gasteiger partial charge in [-0.2, -0.15) is 0 Å². The smallest absolute Gasteiger partial charge is 0.139 e. The average Bonchev–Trinajstić information content (AvgIpc) is 2.38. The van der Waals surface area contributed by atoms with E-state index < -0.39 is 0 Å². The lowest BCUT2D eigenvalue weighted by Gasteiger charge is -2.16. The van der Waals surface area contributed by atoms with Gasteiger partial charge in [0, 0.05) is 11.1 Å². The van der Waals surface area contributed by atoms with E-state index in [4.69, 9.17) is 27.5 Å². The van der Waals surface area contributed by atoms with Crippen LogP contribution in [0, 0.1) is 12.3 Å². The summed E-state index contributed by atoms with van der Waals surface area (Å²) in [6.45, 7) is 6.24. The number of hydrogen-bond donors (Lipinski definition) is 2. The van der Waals surface area contributed by atoms with Gasteiger partial charge in [0.05, 0.1) is 5.56 Å². The Hall–Kier alpha value is -2.00. The van der Waals surface area contributed by atoms with Crippen LogP contribution >= 0.6 is 11.6 Å². The van der Waals surface area contributed by atoms with Crippen molar-refractivity contribution in [2.75, 3.05) is 0 Å². The van der Waals surface area contributed by atoms with Crippen molar-refractivity contribution in [3.8, 4) is 11.5 Å². The number of ether oxygens (including phenoxy) is 1. The summed E-state index contributed by atoms with van der Waals surface area (Å²) in [4.78, 5) is 0. The summed E-state index contributed by atoms with van der Waals surface area (Å²) >= 11 is 6.03. The Balaban J connectivity index is 2.49. The van der Waals surface area contributed by atoms with Gasteiger partial charge in [-0.3, -0.25) is 5.41 Å². The summed E-state index contributed by atoms with van der Waals surface area (Å²) in [6.07, 6.45) is 0. The molecule has 0 unspecified atom stereocenters. The van der Waals surface area contributed by atoms with Crippen molar-refractivity contribution in [2.24, 2.45) is 5.73 Å². The van der Waals surface area contributed by atoms with Gasteiger partial charge in [-0.05, 0) is 42.2 Å². The van der Waals surface area contributed by atoms with E-state index in [1.54, 1.807) is 18.2 Å². The summed E-state index contributed by atoms with van der Waals surface area (Å²) in [6, 6.07) is 11.2. The molecule has 21 heavy (non-hydrogen) atoms. The summed E-state index contributed by atoms with van der Waals surface area (Å²) < 4.78 is 6.02. The quantitative estimate of drug-likeness (QED) is 0.626. The molecule has 0 aliphatic carbocycles. The SMILES string of the molecule is Cc1ccc(C(C)C)c(Oc2cc(Cl)ccc2C(=N)N)c1. The Morgan fingerprint density at radius 3 is 2.48 bits per heavy atom. The van der Waals surface area contributed by atoms with Crippen molar-refractivity contribution in [1.82, 2.24) is 0 Å². The first-order valence-electron chi connectivity index (χ1n) is 6.81. The van der Waals surface area contributed by atoms with E-state index in [0.717, 1.165) is 16.9 Å². The molecule has 0 bridgehead atoms. The number of nitrogens with two attached hydrogens (primary N) is 1. The Morgan fingerprint density at radius 2 is 1.86 bits per heavy atom. The van der Waals surface area contributed by atoms with Gasteiger partial charge in [0.2, 0.25) is 0 Å². The number of nitrogen functional groups attached to an aromatic ring is 1. The monoisotopic (exact) mass is 302 g/mol. The van der Waals surface area contributed by atoms with Crippen molar-refractivity contribution >= 4 is 17.4 Å². The van der Waals surface area contributed by atoms with Gasteiger partial charge in [0.1, 0.15) is 17.3 Å². The van der Waals surface area contributed by atoms with Crippen LogP contribution in [0.25, 0.3) is 0 Å². The molecule has 4 heteroatoms. The van der Waals surface area contributed by atoms with Gasteiger partial charge in [-0.1, -0.05) is 37.6 Å². The van der Waals surface area contributed by atoms with Crippen molar-refractivity contribution in [1.29, 1.82) is 5.41 Å². The maximum atomic E-state index is 7.65. The van der Waals surface area contributed by atoms with Crippen molar-refractivity contribution in [3.05, 3.63) is 58.1 Å². The second-order valence-electron chi connectivity index (χ2n) is 5.35. The zero-order valence-corrected chi connectivity index (χ0v) is 13.2. The van der Waals surface area contributed by atoms with Gasteiger partial charge in [0.15, 0.2) is 0 Å². The van der Waals surface area contributed by atoms with Gasteiger partial charge in [-0.25, -0.2) is 0 Å². The minimum atomic E-state index is -0.0413. The van der Waals surface area contributed by atoms with Crippen LogP contribution < -0.4 is 10.5 Å². The molecular formula is C17H19ClN2O. The molecule has 0 fully saturated rings. The average molecular weight is 303 g/mol. The number of halogens is 1. The molecule has 110 valence electrons. The van der Waals surface area contributed by atoms with E-state index in [0.29, 0.717) is 22.3 Å². The molecule has 3 N–H and O–H groups in total. The molecule has 0 atom stereocenters. The Labute approximate surface area is 130 Å². The number of benzene rings is 2. The summed E-state index contributed by atoms with van der Waals surface area (Å²) in [5, 5.41) is 8.20. The van der Waals surface area contributed by atoms with E-state index in [1.165, 1.54) is 0 Å². The van der Waals surface area contributed by atoms with E-state index in [-0.39, 0.29) is 5.84 Å². The van der Waals surface area contributed by atoms with Crippen LogP contribution in [0.5, 0.6) is 11.5 Å². The minimum absolute atomic E-state index is 0.0413. The first-order chi connectivity index (χ1) is 9.88. The molecule has 0 saturated heterocycles. The standard InChI is InChI=1S/C17H19ClN2O/c1-10(2)13-6-4-11(3)8-15(13)21-16-9-12(18)5-7-14(16)17(19)20/h4-10H,1-3H3,(H3,19,20). The summed E-state index contributed by atoms with van der Waals surface area (Å²) in [7, 11) is 0. The second-order valence-corrected chi connectivity index (χ2v) is 5.79. The van der Waals surface area contributed by atoms with Gasteiger partial charge in [-0.15, -0.1) is 0 Å². The zero-order chi connectivity index (χ0) is 15.6. The van der Waals surface area contributed by atoms with E-state index in [2.05, 4.69) is 26.0 Å². The maximum Gasteiger partial charge on any atom is 0.139 e. The summed E-state index contributed by atoms with van der Waals surface area (Å²) in [5.74, 6) is 1.57. The molecular weight excluding hydrogens is 284 g/mol. The van der Waals surface area contributed by atoms with Crippen LogP contribution in [0.1, 0.15) is 36.5 Å². The fraction of sp³-hybridized carbons (Fsp3) is 0.235. The molecule has 0 saturated carbocycles. The third-order valence-electron chi connectivity index (χ3n) is 3.24. The van der Waals surface area contributed by atoms with Crippen LogP contribution in [0.2, 0.25) is 5.02 Å². The van der Waals surface area contributed by atoms with E-state index in [9.17, 15) is 0 Å². The van der Waals surface area contributed by atoms with Crippen LogP contribution in [0.15, 0.2) is 36.4 Å². The highest BCUT2D eigenvalue weighted by atomic mass is 35.5. The lowest BCUT2D eigenvalue weighted by atomic mass is 10.0. The number of hydrogen-bond acceptors (Lipinski definition) is 2. The van der Waals surface area contributed by atoms with Crippen molar-refractivity contribution < 1.29 is 4.74 Å². The molecule has 0 aliphatic heterocycles. The Morgan fingerprint density at radius 1 is 1.14 bits per heavy atom. The predicted octanol–water partition coefficient (Wildman–Crippen LogP) is 4.85. The minimum Gasteiger partial charge on any atom is -0.456 e. The summed E-state index contributed by atoms with van der Waals surface area (Å²) in [5.41, 5.74) is 8.36. The molecule has 0 amide bonds. The largest absolute Gasteiger partial charge is 0.456 e. The number of amidine groups is 1. The highest BCUT2D eigenvalue weighted by Crippen LogP contribution is 2.34. The van der Waals surface area contributed by atoms with Gasteiger partial charge >= 0.3 is 0 Å². The highest BCUT2D eigenvalue weighted by Gasteiger charge is 2.13. The van der Waals surface area contributed by atoms with E-state index >= 15 is 0 Å². The molecule has 3 nitrogen and oxygen atoms in total. The number of rotatable bonds is 4. The maximum absolute atomic E-state index is 7.65. The first kappa shape index (κ1) is 15.4. The van der Waals surface area contributed by atoms with E-state index in [1.807, 2.05) is 13.0 Å². The molecule has 0 radical (unpaired) electrons. The van der Waals surface area contributed by atoms with Gasteiger partial charge < -0.3 is 10.5 Å². The molecule has 0 heterocycles. The predicted molar refractivity (Wildman–Crippen MR) is 87.8 cm³/mol.